The van der Waals surface area contributed by atoms with Crippen LogP contribution in [0.1, 0.15) is 18.2 Å². The van der Waals surface area contributed by atoms with E-state index >= 15 is 0 Å². The van der Waals surface area contributed by atoms with Crippen LogP contribution in [0.3, 0.4) is 0 Å². The van der Waals surface area contributed by atoms with Crippen molar-refractivity contribution in [3.8, 4) is 11.5 Å². The molecule has 0 saturated carbocycles. The summed E-state index contributed by atoms with van der Waals surface area (Å²) in [6, 6.07) is 6.70. The molecular weight excluding hydrogens is 255 g/mol. The molecule has 0 radical (unpaired) electrons. The van der Waals surface area contributed by atoms with Crippen LogP contribution in [0.15, 0.2) is 24.3 Å². The molecule has 2 rings (SSSR count). The maximum absolute atomic E-state index is 13.7. The van der Waals surface area contributed by atoms with Gasteiger partial charge in [0.2, 0.25) is 11.6 Å². The van der Waals surface area contributed by atoms with Gasteiger partial charge in [0, 0.05) is 0 Å². The Bertz CT molecular complexity index is 570. The Kier molecular flexibility index (Phi) is 3.74. The van der Waals surface area contributed by atoms with E-state index in [1.54, 1.807) is 24.3 Å². The molecule has 0 atom stereocenters. The lowest BCUT2D eigenvalue weighted by Gasteiger charge is -2.09. The molecule has 0 aliphatic carbocycles. The van der Waals surface area contributed by atoms with Crippen LogP contribution in [-0.2, 0) is 6.42 Å². The fourth-order valence-corrected chi connectivity index (χ4v) is 1.60. The Hall–Kier alpha value is -2.04. The van der Waals surface area contributed by atoms with Gasteiger partial charge in [-0.3, -0.25) is 0 Å². The number of rotatable bonds is 3. The summed E-state index contributed by atoms with van der Waals surface area (Å²) in [4.78, 5) is 3.11. The normalized spacial score (nSPS) is 10.6. The summed E-state index contributed by atoms with van der Waals surface area (Å²) in [6.45, 7) is 3.22. The van der Waals surface area contributed by atoms with E-state index in [-0.39, 0.29) is 11.4 Å². The van der Waals surface area contributed by atoms with E-state index in [0.717, 1.165) is 12.0 Å². The Labute approximate surface area is 108 Å². The first-order chi connectivity index (χ1) is 9.02. The second kappa shape index (κ2) is 5.30. The number of ether oxygens (including phenoxy) is 1. The summed E-state index contributed by atoms with van der Waals surface area (Å²) < 4.78 is 45.3. The molecule has 19 heavy (non-hydrogen) atoms. The third-order valence-corrected chi connectivity index (χ3v) is 2.71. The maximum Gasteiger partial charge on any atom is 0.253 e. The van der Waals surface area contributed by atoms with E-state index in [4.69, 9.17) is 4.74 Å². The summed E-state index contributed by atoms with van der Waals surface area (Å²) in [7, 11) is 0. The second-order valence-corrected chi connectivity index (χ2v) is 4.04. The van der Waals surface area contributed by atoms with Gasteiger partial charge < -0.3 is 4.74 Å². The summed E-state index contributed by atoms with van der Waals surface area (Å²) in [6.07, 6.45) is 0.839. The summed E-state index contributed by atoms with van der Waals surface area (Å²) >= 11 is 0. The zero-order valence-corrected chi connectivity index (χ0v) is 10.5. The highest BCUT2D eigenvalue weighted by Crippen LogP contribution is 2.29. The number of halogens is 3. The van der Waals surface area contributed by atoms with E-state index < -0.39 is 23.3 Å². The molecule has 2 nitrogen and oxygen atoms in total. The molecule has 0 N–H and O–H groups in total. The smallest absolute Gasteiger partial charge is 0.253 e. The van der Waals surface area contributed by atoms with Crippen LogP contribution in [0.5, 0.6) is 11.5 Å². The maximum atomic E-state index is 13.7. The standard InChI is InChI=1S/C14H12F3NO/c1-3-9-4-6-10(7-5-9)19-13-11(15)8(2)18-14(17)12(13)16/h4-7H,3H2,1-2H3. The van der Waals surface area contributed by atoms with Crippen molar-refractivity contribution in [2.24, 2.45) is 0 Å². The van der Waals surface area contributed by atoms with Crippen molar-refractivity contribution in [2.45, 2.75) is 20.3 Å². The molecule has 0 bridgehead atoms. The predicted octanol–water partition coefficient (Wildman–Crippen LogP) is 4.16. The highest BCUT2D eigenvalue weighted by Gasteiger charge is 2.20. The molecule has 0 aliphatic rings. The minimum absolute atomic E-state index is 0.236. The van der Waals surface area contributed by atoms with Gasteiger partial charge in [-0.25, -0.2) is 9.37 Å². The van der Waals surface area contributed by atoms with Gasteiger partial charge in [-0.2, -0.15) is 8.78 Å². The van der Waals surface area contributed by atoms with Gasteiger partial charge in [0.25, 0.3) is 5.95 Å². The number of hydrogen-bond acceptors (Lipinski definition) is 2. The van der Waals surface area contributed by atoms with Crippen LogP contribution < -0.4 is 4.74 Å². The average molecular weight is 267 g/mol. The molecule has 0 aliphatic heterocycles. The van der Waals surface area contributed by atoms with Gasteiger partial charge in [0.1, 0.15) is 5.75 Å². The minimum atomic E-state index is -1.43. The molecule has 2 aromatic rings. The molecule has 100 valence electrons. The number of hydrogen-bond donors (Lipinski definition) is 0. The Morgan fingerprint density at radius 3 is 2.26 bits per heavy atom. The predicted molar refractivity (Wildman–Crippen MR) is 64.7 cm³/mol. The van der Waals surface area contributed by atoms with Gasteiger partial charge in [-0.1, -0.05) is 19.1 Å². The molecule has 0 unspecified atom stereocenters. The van der Waals surface area contributed by atoms with Crippen molar-refractivity contribution < 1.29 is 17.9 Å². The molecule has 1 aromatic heterocycles. The molecule has 1 aromatic carbocycles. The van der Waals surface area contributed by atoms with Crippen molar-refractivity contribution in [2.75, 3.05) is 0 Å². The molecule has 0 spiro atoms. The van der Waals surface area contributed by atoms with Gasteiger partial charge in [-0.05, 0) is 31.0 Å². The highest BCUT2D eigenvalue weighted by atomic mass is 19.2. The number of aryl methyl sites for hydroxylation is 2. The highest BCUT2D eigenvalue weighted by molar-refractivity contribution is 5.35. The summed E-state index contributed by atoms with van der Waals surface area (Å²) in [5.74, 6) is -4.34. The van der Waals surface area contributed by atoms with Crippen LogP contribution in [0.4, 0.5) is 13.2 Å². The Morgan fingerprint density at radius 1 is 1.05 bits per heavy atom. The number of benzene rings is 1. The fourth-order valence-electron chi connectivity index (χ4n) is 1.60. The van der Waals surface area contributed by atoms with Crippen molar-refractivity contribution in [1.29, 1.82) is 0 Å². The molecule has 0 amide bonds. The van der Waals surface area contributed by atoms with Crippen LogP contribution in [-0.4, -0.2) is 4.98 Å². The number of nitrogens with zero attached hydrogens (tertiary/aromatic N) is 1. The summed E-state index contributed by atoms with van der Waals surface area (Å²) in [5, 5.41) is 0. The first kappa shape index (κ1) is 13.4. The fraction of sp³-hybridized carbons (Fsp3) is 0.214. The van der Waals surface area contributed by atoms with Crippen LogP contribution in [0.25, 0.3) is 0 Å². The average Bonchev–Trinajstić information content (AvgIpc) is 2.42. The lowest BCUT2D eigenvalue weighted by Crippen LogP contribution is -2.02. The van der Waals surface area contributed by atoms with E-state index in [9.17, 15) is 13.2 Å². The first-order valence-corrected chi connectivity index (χ1v) is 5.80. The molecule has 0 saturated heterocycles. The van der Waals surface area contributed by atoms with Gasteiger partial charge in [-0.15, -0.1) is 0 Å². The Morgan fingerprint density at radius 2 is 1.68 bits per heavy atom. The summed E-state index contributed by atoms with van der Waals surface area (Å²) in [5.41, 5.74) is 0.810. The SMILES string of the molecule is CCc1ccc(Oc2c(F)c(C)nc(F)c2F)cc1. The number of aromatic nitrogens is 1. The topological polar surface area (TPSA) is 22.1 Å². The van der Waals surface area contributed by atoms with Crippen molar-refractivity contribution in [3.63, 3.8) is 0 Å². The van der Waals surface area contributed by atoms with E-state index in [1.807, 2.05) is 6.92 Å². The van der Waals surface area contributed by atoms with Gasteiger partial charge in [0.05, 0.1) is 5.69 Å². The minimum Gasteiger partial charge on any atom is -0.451 e. The second-order valence-electron chi connectivity index (χ2n) is 4.04. The third kappa shape index (κ3) is 2.70. The molecule has 1 heterocycles. The monoisotopic (exact) mass is 267 g/mol. The lowest BCUT2D eigenvalue weighted by molar-refractivity contribution is 0.371. The van der Waals surface area contributed by atoms with Gasteiger partial charge >= 0.3 is 0 Å². The number of pyridine rings is 1. The first-order valence-electron chi connectivity index (χ1n) is 5.80. The third-order valence-electron chi connectivity index (χ3n) is 2.71. The zero-order valence-electron chi connectivity index (χ0n) is 10.5. The zero-order chi connectivity index (χ0) is 14.0. The van der Waals surface area contributed by atoms with E-state index in [0.29, 0.717) is 0 Å². The van der Waals surface area contributed by atoms with Crippen molar-refractivity contribution in [1.82, 2.24) is 4.98 Å². The lowest BCUT2D eigenvalue weighted by atomic mass is 10.2. The molecule has 5 heteroatoms. The van der Waals surface area contributed by atoms with Crippen LogP contribution in [0, 0.1) is 24.5 Å². The largest absolute Gasteiger partial charge is 0.451 e. The van der Waals surface area contributed by atoms with E-state index in [1.165, 1.54) is 6.92 Å². The van der Waals surface area contributed by atoms with Crippen molar-refractivity contribution >= 4 is 0 Å². The van der Waals surface area contributed by atoms with Crippen LogP contribution >= 0.6 is 0 Å². The molecule has 0 fully saturated rings. The van der Waals surface area contributed by atoms with Crippen LogP contribution in [0.2, 0.25) is 0 Å². The quantitative estimate of drug-likeness (QED) is 0.779. The Balaban J connectivity index is 2.37. The van der Waals surface area contributed by atoms with Gasteiger partial charge in [0.15, 0.2) is 5.82 Å². The molecular formula is C14H12F3NO. The van der Waals surface area contributed by atoms with Crippen molar-refractivity contribution in [3.05, 3.63) is 53.1 Å². The van der Waals surface area contributed by atoms with E-state index in [2.05, 4.69) is 4.98 Å².